The zero-order valence-corrected chi connectivity index (χ0v) is 18.1. The summed E-state index contributed by atoms with van der Waals surface area (Å²) >= 11 is 1.82. The highest BCUT2D eigenvalue weighted by Gasteiger charge is 2.06. The van der Waals surface area contributed by atoms with Gasteiger partial charge in [0.05, 0.1) is 13.7 Å². The molecule has 138 valence electrons. The van der Waals surface area contributed by atoms with Crippen molar-refractivity contribution in [3.05, 3.63) is 46.3 Å². The molecule has 2 aromatic heterocycles. The van der Waals surface area contributed by atoms with Crippen LogP contribution in [0.1, 0.15) is 24.3 Å². The molecule has 0 fully saturated rings. The van der Waals surface area contributed by atoms with E-state index < -0.39 is 0 Å². The summed E-state index contributed by atoms with van der Waals surface area (Å²) in [6.07, 6.45) is 2.83. The van der Waals surface area contributed by atoms with Crippen LogP contribution in [0.2, 0.25) is 0 Å². The quantitative estimate of drug-likeness (QED) is 0.348. The fourth-order valence-electron chi connectivity index (χ4n) is 2.29. The fourth-order valence-corrected chi connectivity index (χ4v) is 3.16. The standard InChI is InChI=1S/C18H26N4OS.HI/c1-4-19-18(21-12-14(2)10-16-6-5-9-24-16)22-13-15-7-8-20-17(11-15)23-3;/h5-9,11,14H,4,10,12-13H2,1-3H3,(H2,19,21,22);1H. The fraction of sp³-hybridized carbons (Fsp3) is 0.444. The molecule has 0 aliphatic rings. The Hall–Kier alpha value is -1.35. The van der Waals surface area contributed by atoms with Crippen molar-refractivity contribution in [1.82, 2.24) is 15.6 Å². The molecule has 1 atom stereocenters. The summed E-state index contributed by atoms with van der Waals surface area (Å²) in [4.78, 5) is 10.2. The van der Waals surface area contributed by atoms with E-state index in [4.69, 9.17) is 4.74 Å². The van der Waals surface area contributed by atoms with Crippen LogP contribution in [0.3, 0.4) is 0 Å². The van der Waals surface area contributed by atoms with Crippen LogP contribution in [-0.2, 0) is 13.0 Å². The molecule has 5 nitrogen and oxygen atoms in total. The Bertz CT molecular complexity index is 634. The molecule has 1 unspecified atom stereocenters. The minimum Gasteiger partial charge on any atom is -0.481 e. The minimum absolute atomic E-state index is 0. The molecule has 0 aliphatic heterocycles. The van der Waals surface area contributed by atoms with Crippen LogP contribution in [0.25, 0.3) is 0 Å². The van der Waals surface area contributed by atoms with Crippen molar-refractivity contribution in [2.24, 2.45) is 10.9 Å². The first kappa shape index (κ1) is 21.7. The predicted octanol–water partition coefficient (Wildman–Crippen LogP) is 3.70. The van der Waals surface area contributed by atoms with E-state index in [1.807, 2.05) is 23.5 Å². The number of ether oxygens (including phenoxy) is 1. The molecule has 2 heterocycles. The van der Waals surface area contributed by atoms with Gasteiger partial charge in [-0.1, -0.05) is 13.0 Å². The second-order valence-corrected chi connectivity index (χ2v) is 6.70. The molecule has 0 radical (unpaired) electrons. The van der Waals surface area contributed by atoms with Gasteiger partial charge in [-0.3, -0.25) is 0 Å². The molecule has 7 heteroatoms. The van der Waals surface area contributed by atoms with Gasteiger partial charge in [-0.25, -0.2) is 9.98 Å². The Balaban J connectivity index is 0.00000312. The summed E-state index contributed by atoms with van der Waals surface area (Å²) in [6.45, 7) is 6.65. The molecule has 25 heavy (non-hydrogen) atoms. The number of methoxy groups -OCH3 is 1. The maximum absolute atomic E-state index is 5.15. The van der Waals surface area contributed by atoms with Crippen molar-refractivity contribution < 1.29 is 4.74 Å². The SMILES string of the molecule is CCNC(=NCc1ccnc(OC)c1)NCC(C)Cc1cccs1.I. The Morgan fingerprint density at radius 2 is 2.20 bits per heavy atom. The lowest BCUT2D eigenvalue weighted by Gasteiger charge is -2.15. The van der Waals surface area contributed by atoms with Crippen molar-refractivity contribution in [3.63, 3.8) is 0 Å². The van der Waals surface area contributed by atoms with Gasteiger partial charge in [0.25, 0.3) is 0 Å². The molecule has 2 aromatic rings. The Morgan fingerprint density at radius 3 is 2.88 bits per heavy atom. The smallest absolute Gasteiger partial charge is 0.213 e. The van der Waals surface area contributed by atoms with Gasteiger partial charge in [-0.2, -0.15) is 0 Å². The van der Waals surface area contributed by atoms with Crippen LogP contribution in [-0.4, -0.2) is 31.1 Å². The van der Waals surface area contributed by atoms with Crippen LogP contribution in [0.4, 0.5) is 0 Å². The molecule has 0 saturated heterocycles. The first-order valence-electron chi connectivity index (χ1n) is 8.24. The molecular formula is C18H27IN4OS. The summed E-state index contributed by atoms with van der Waals surface area (Å²) in [5, 5.41) is 8.85. The molecule has 0 amide bonds. The number of aliphatic imine (C=N–C) groups is 1. The summed E-state index contributed by atoms with van der Waals surface area (Å²) in [7, 11) is 1.62. The number of pyridine rings is 1. The molecule has 0 aromatic carbocycles. The van der Waals surface area contributed by atoms with E-state index in [1.54, 1.807) is 13.3 Å². The number of aromatic nitrogens is 1. The molecule has 0 bridgehead atoms. The highest BCUT2D eigenvalue weighted by atomic mass is 127. The van der Waals surface area contributed by atoms with E-state index in [9.17, 15) is 0 Å². The number of rotatable bonds is 8. The largest absolute Gasteiger partial charge is 0.481 e. The summed E-state index contributed by atoms with van der Waals surface area (Å²) in [5.74, 6) is 2.00. The number of thiophene rings is 1. The van der Waals surface area contributed by atoms with E-state index in [0.717, 1.165) is 31.0 Å². The monoisotopic (exact) mass is 474 g/mol. The molecule has 2 rings (SSSR count). The first-order chi connectivity index (χ1) is 11.7. The van der Waals surface area contributed by atoms with Crippen molar-refractivity contribution in [1.29, 1.82) is 0 Å². The van der Waals surface area contributed by atoms with Crippen molar-refractivity contribution in [3.8, 4) is 5.88 Å². The number of nitrogens with zero attached hydrogens (tertiary/aromatic N) is 2. The van der Waals surface area contributed by atoms with Gasteiger partial charge < -0.3 is 15.4 Å². The average molecular weight is 474 g/mol. The Kier molecular flexibility index (Phi) is 10.5. The van der Waals surface area contributed by atoms with E-state index in [0.29, 0.717) is 18.3 Å². The minimum atomic E-state index is 0. The maximum atomic E-state index is 5.15. The lowest BCUT2D eigenvalue weighted by Crippen LogP contribution is -2.39. The maximum Gasteiger partial charge on any atom is 0.213 e. The highest BCUT2D eigenvalue weighted by Crippen LogP contribution is 2.14. The second-order valence-electron chi connectivity index (χ2n) is 5.67. The summed E-state index contributed by atoms with van der Waals surface area (Å²) in [6, 6.07) is 8.16. The van der Waals surface area contributed by atoms with Crippen LogP contribution < -0.4 is 15.4 Å². The third-order valence-electron chi connectivity index (χ3n) is 3.52. The number of hydrogen-bond acceptors (Lipinski definition) is 4. The molecule has 0 spiro atoms. The summed E-state index contributed by atoms with van der Waals surface area (Å²) in [5.41, 5.74) is 1.07. The first-order valence-corrected chi connectivity index (χ1v) is 9.12. The summed E-state index contributed by atoms with van der Waals surface area (Å²) < 4.78 is 5.15. The lowest BCUT2D eigenvalue weighted by molar-refractivity contribution is 0.397. The normalized spacial score (nSPS) is 12.2. The molecule has 0 aliphatic carbocycles. The van der Waals surface area contributed by atoms with Gasteiger partial charge in [-0.15, -0.1) is 35.3 Å². The second kappa shape index (κ2) is 12.1. The zero-order valence-electron chi connectivity index (χ0n) is 15.0. The molecule has 2 N–H and O–H groups in total. The Labute approximate surface area is 171 Å². The topological polar surface area (TPSA) is 58.5 Å². The number of guanidine groups is 1. The van der Waals surface area contributed by atoms with E-state index >= 15 is 0 Å². The predicted molar refractivity (Wildman–Crippen MR) is 116 cm³/mol. The van der Waals surface area contributed by atoms with Crippen LogP contribution >= 0.6 is 35.3 Å². The van der Waals surface area contributed by atoms with Crippen molar-refractivity contribution >= 4 is 41.3 Å². The Morgan fingerprint density at radius 1 is 1.36 bits per heavy atom. The average Bonchev–Trinajstić information content (AvgIpc) is 3.10. The van der Waals surface area contributed by atoms with Crippen LogP contribution in [0.5, 0.6) is 5.88 Å². The van der Waals surface area contributed by atoms with Crippen molar-refractivity contribution in [2.75, 3.05) is 20.2 Å². The van der Waals surface area contributed by atoms with Gasteiger partial charge in [0.1, 0.15) is 0 Å². The van der Waals surface area contributed by atoms with Crippen LogP contribution in [0.15, 0.2) is 40.8 Å². The lowest BCUT2D eigenvalue weighted by atomic mass is 10.1. The van der Waals surface area contributed by atoms with Crippen LogP contribution in [0, 0.1) is 5.92 Å². The molecular weight excluding hydrogens is 447 g/mol. The van der Waals surface area contributed by atoms with E-state index in [-0.39, 0.29) is 24.0 Å². The number of hydrogen-bond donors (Lipinski definition) is 2. The highest BCUT2D eigenvalue weighted by molar-refractivity contribution is 14.0. The van der Waals surface area contributed by atoms with E-state index in [2.05, 4.69) is 52.0 Å². The third-order valence-corrected chi connectivity index (χ3v) is 4.42. The van der Waals surface area contributed by atoms with Gasteiger partial charge in [0.2, 0.25) is 5.88 Å². The van der Waals surface area contributed by atoms with Gasteiger partial charge in [0, 0.05) is 30.2 Å². The van der Waals surface area contributed by atoms with Gasteiger partial charge in [0.15, 0.2) is 5.96 Å². The molecule has 0 saturated carbocycles. The third kappa shape index (κ3) is 8.04. The van der Waals surface area contributed by atoms with Gasteiger partial charge >= 0.3 is 0 Å². The van der Waals surface area contributed by atoms with Crippen molar-refractivity contribution in [2.45, 2.75) is 26.8 Å². The number of nitrogens with one attached hydrogen (secondary N) is 2. The van der Waals surface area contributed by atoms with E-state index in [1.165, 1.54) is 4.88 Å². The number of halogens is 1. The zero-order chi connectivity index (χ0) is 17.2. The van der Waals surface area contributed by atoms with Gasteiger partial charge in [-0.05, 0) is 42.3 Å².